The lowest BCUT2D eigenvalue weighted by Gasteiger charge is -2.23. The zero-order valence-electron chi connectivity index (χ0n) is 9.72. The molecule has 1 rings (SSSR count). The summed E-state index contributed by atoms with van der Waals surface area (Å²) in [5, 5.41) is -0.772. The Kier molecular flexibility index (Phi) is 4.66. The second-order valence-electron chi connectivity index (χ2n) is 4.15. The number of nitrogens with two attached hydrogens (primary N) is 1. The number of rotatable bonds is 3. The van der Waals surface area contributed by atoms with Crippen molar-refractivity contribution in [1.82, 2.24) is 9.21 Å². The molecule has 1 aliphatic heterocycles. The standard InChI is InChI=1S/C9H19N3O2S2/c1-8(9(10)15)16(13,14)12-5-3-4-11(2)6-7-12/h8H,3-7H2,1-2H3,(H2,10,15). The second-order valence-corrected chi connectivity index (χ2v) is 6.87. The molecular weight excluding hydrogens is 246 g/mol. The molecule has 1 aliphatic rings. The van der Waals surface area contributed by atoms with Gasteiger partial charge in [-0.25, -0.2) is 8.42 Å². The van der Waals surface area contributed by atoms with Crippen LogP contribution in [0, 0.1) is 0 Å². The monoisotopic (exact) mass is 265 g/mol. The highest BCUT2D eigenvalue weighted by Crippen LogP contribution is 2.12. The van der Waals surface area contributed by atoms with Gasteiger partial charge in [-0.2, -0.15) is 4.31 Å². The highest BCUT2D eigenvalue weighted by molar-refractivity contribution is 7.92. The van der Waals surface area contributed by atoms with Crippen LogP contribution in [0.3, 0.4) is 0 Å². The quantitative estimate of drug-likeness (QED) is 0.705. The largest absolute Gasteiger partial charge is 0.392 e. The third kappa shape index (κ3) is 3.13. The Labute approximate surface area is 103 Å². The molecule has 2 N–H and O–H groups in total. The van der Waals surface area contributed by atoms with E-state index < -0.39 is 15.3 Å². The van der Waals surface area contributed by atoms with Gasteiger partial charge in [0, 0.05) is 19.6 Å². The molecule has 0 saturated carbocycles. The fourth-order valence-corrected chi connectivity index (χ4v) is 3.47. The van der Waals surface area contributed by atoms with E-state index in [0.717, 1.165) is 19.5 Å². The first-order valence-corrected chi connectivity index (χ1v) is 7.23. The summed E-state index contributed by atoms with van der Waals surface area (Å²) in [4.78, 5) is 2.17. The molecule has 16 heavy (non-hydrogen) atoms. The number of hydrogen-bond acceptors (Lipinski definition) is 4. The Bertz CT molecular complexity index is 356. The molecule has 1 heterocycles. The highest BCUT2D eigenvalue weighted by Gasteiger charge is 2.31. The summed E-state index contributed by atoms with van der Waals surface area (Å²) < 4.78 is 25.8. The molecule has 0 aromatic heterocycles. The van der Waals surface area contributed by atoms with Crippen LogP contribution in [0.5, 0.6) is 0 Å². The minimum absolute atomic E-state index is 0.0394. The Hall–Kier alpha value is -0.240. The topological polar surface area (TPSA) is 66.6 Å². The van der Waals surface area contributed by atoms with Crippen LogP contribution >= 0.6 is 12.2 Å². The number of likely N-dealkylation sites (N-methyl/N-ethyl adjacent to an activating group) is 1. The summed E-state index contributed by atoms with van der Waals surface area (Å²) in [5.74, 6) is 0. The number of sulfonamides is 1. The summed E-state index contributed by atoms with van der Waals surface area (Å²) >= 11 is 4.75. The Morgan fingerprint density at radius 3 is 2.50 bits per heavy atom. The molecule has 1 fully saturated rings. The van der Waals surface area contributed by atoms with Gasteiger partial charge in [0.25, 0.3) is 0 Å². The van der Waals surface area contributed by atoms with Gasteiger partial charge in [-0.1, -0.05) is 12.2 Å². The van der Waals surface area contributed by atoms with Crippen molar-refractivity contribution >= 4 is 27.2 Å². The average molecular weight is 265 g/mol. The second kappa shape index (κ2) is 5.39. The van der Waals surface area contributed by atoms with Gasteiger partial charge < -0.3 is 10.6 Å². The summed E-state index contributed by atoms with van der Waals surface area (Å²) in [6.45, 7) is 4.30. The summed E-state index contributed by atoms with van der Waals surface area (Å²) in [5.41, 5.74) is 5.41. The van der Waals surface area contributed by atoms with Gasteiger partial charge in [-0.3, -0.25) is 0 Å². The summed E-state index contributed by atoms with van der Waals surface area (Å²) in [6, 6.07) is 0. The van der Waals surface area contributed by atoms with E-state index in [4.69, 9.17) is 18.0 Å². The Balaban J connectivity index is 2.79. The van der Waals surface area contributed by atoms with E-state index in [1.165, 1.54) is 4.31 Å². The molecule has 0 aromatic carbocycles. The molecule has 94 valence electrons. The SMILES string of the molecule is CC(C(N)=S)S(=O)(=O)N1CCCN(C)CC1. The van der Waals surface area contributed by atoms with Crippen molar-refractivity contribution in [3.05, 3.63) is 0 Å². The van der Waals surface area contributed by atoms with Gasteiger partial charge in [0.05, 0.1) is 4.99 Å². The predicted octanol–water partition coefficient (Wildman–Crippen LogP) is -0.372. The zero-order chi connectivity index (χ0) is 12.3. The first-order chi connectivity index (χ1) is 7.35. The lowest BCUT2D eigenvalue weighted by atomic mass is 10.4. The van der Waals surface area contributed by atoms with E-state index in [1.54, 1.807) is 6.92 Å². The molecule has 0 amide bonds. The molecule has 7 heteroatoms. The van der Waals surface area contributed by atoms with Crippen LogP contribution in [0.4, 0.5) is 0 Å². The van der Waals surface area contributed by atoms with Crippen LogP contribution in [0.15, 0.2) is 0 Å². The molecule has 1 atom stereocenters. The molecule has 1 unspecified atom stereocenters. The lowest BCUT2D eigenvalue weighted by molar-refractivity contribution is 0.347. The van der Waals surface area contributed by atoms with E-state index in [0.29, 0.717) is 13.1 Å². The van der Waals surface area contributed by atoms with Gasteiger partial charge >= 0.3 is 0 Å². The van der Waals surface area contributed by atoms with Gasteiger partial charge in [0.15, 0.2) is 0 Å². The summed E-state index contributed by atoms with van der Waals surface area (Å²) in [7, 11) is -1.37. The minimum Gasteiger partial charge on any atom is -0.392 e. The van der Waals surface area contributed by atoms with Crippen LogP contribution in [-0.2, 0) is 10.0 Å². The zero-order valence-corrected chi connectivity index (χ0v) is 11.4. The van der Waals surface area contributed by atoms with E-state index in [9.17, 15) is 8.42 Å². The molecule has 0 spiro atoms. The smallest absolute Gasteiger partial charge is 0.223 e. The molecule has 1 saturated heterocycles. The van der Waals surface area contributed by atoms with Crippen LogP contribution in [0.1, 0.15) is 13.3 Å². The number of nitrogens with zero attached hydrogens (tertiary/aromatic N) is 2. The number of thiocarbonyl (C=S) groups is 1. The normalized spacial score (nSPS) is 22.6. The van der Waals surface area contributed by atoms with E-state index in [1.807, 2.05) is 7.05 Å². The third-order valence-electron chi connectivity index (χ3n) is 2.89. The van der Waals surface area contributed by atoms with Crippen LogP contribution in [0.2, 0.25) is 0 Å². The van der Waals surface area contributed by atoms with Gasteiger partial charge in [0.1, 0.15) is 5.25 Å². The van der Waals surface area contributed by atoms with Gasteiger partial charge in [-0.15, -0.1) is 0 Å². The van der Waals surface area contributed by atoms with Crippen molar-refractivity contribution in [3.63, 3.8) is 0 Å². The minimum atomic E-state index is -3.37. The maximum atomic E-state index is 12.1. The summed E-state index contributed by atoms with van der Waals surface area (Å²) in [6.07, 6.45) is 0.847. The van der Waals surface area contributed by atoms with Crippen molar-refractivity contribution in [3.8, 4) is 0 Å². The molecular formula is C9H19N3O2S2. The molecule has 0 radical (unpaired) electrons. The van der Waals surface area contributed by atoms with Crippen LogP contribution in [-0.4, -0.2) is 61.1 Å². The molecule has 0 aromatic rings. The maximum Gasteiger partial charge on any atom is 0.223 e. The van der Waals surface area contributed by atoms with Gasteiger partial charge in [0.2, 0.25) is 10.0 Å². The van der Waals surface area contributed by atoms with Crippen molar-refractivity contribution in [2.45, 2.75) is 18.6 Å². The lowest BCUT2D eigenvalue weighted by Crippen LogP contribution is -2.44. The maximum absolute atomic E-state index is 12.1. The van der Waals surface area contributed by atoms with Crippen molar-refractivity contribution in [2.75, 3.05) is 33.2 Å². The van der Waals surface area contributed by atoms with E-state index in [-0.39, 0.29) is 4.99 Å². The first-order valence-electron chi connectivity index (χ1n) is 5.32. The Morgan fingerprint density at radius 1 is 1.31 bits per heavy atom. The van der Waals surface area contributed by atoms with Crippen LogP contribution in [0.25, 0.3) is 0 Å². The highest BCUT2D eigenvalue weighted by atomic mass is 32.2. The fraction of sp³-hybridized carbons (Fsp3) is 0.889. The van der Waals surface area contributed by atoms with Crippen LogP contribution < -0.4 is 5.73 Å². The first kappa shape index (κ1) is 13.8. The fourth-order valence-electron chi connectivity index (χ4n) is 1.65. The Morgan fingerprint density at radius 2 is 1.94 bits per heavy atom. The van der Waals surface area contributed by atoms with Crippen molar-refractivity contribution < 1.29 is 8.42 Å². The molecule has 0 bridgehead atoms. The van der Waals surface area contributed by atoms with Crippen molar-refractivity contribution in [2.24, 2.45) is 5.73 Å². The molecule has 5 nitrogen and oxygen atoms in total. The molecule has 0 aliphatic carbocycles. The van der Waals surface area contributed by atoms with Crippen molar-refractivity contribution in [1.29, 1.82) is 0 Å². The number of hydrogen-bond donors (Lipinski definition) is 1. The average Bonchev–Trinajstić information content (AvgIpc) is 2.41. The predicted molar refractivity (Wildman–Crippen MR) is 68.9 cm³/mol. The van der Waals surface area contributed by atoms with E-state index in [2.05, 4.69) is 4.90 Å². The van der Waals surface area contributed by atoms with Gasteiger partial charge in [-0.05, 0) is 26.9 Å². The van der Waals surface area contributed by atoms with E-state index >= 15 is 0 Å². The third-order valence-corrected chi connectivity index (χ3v) is 5.62.